The Labute approximate surface area is 228 Å². The standard InChI is InChI=1S/C27H30N8O3S/c1-3-39(37)19-10-9-18(28-12-19)11-29-24-27(36)35(14-16-5-4-6-16)25-20(33-24)13-30-23(34-25)21-22(17-7-8-17)31-15-32-26(21)38-2/h9-10,12-13,15-17H,3-8,11,14H2,1-2H3,(H,29,33). The average Bonchev–Trinajstić information content (AvgIpc) is 3.79. The molecule has 6 rings (SSSR count). The third-order valence-electron chi connectivity index (χ3n) is 7.33. The maximum Gasteiger partial charge on any atom is 0.294 e. The van der Waals surface area contributed by atoms with E-state index in [1.807, 2.05) is 13.0 Å². The van der Waals surface area contributed by atoms with Gasteiger partial charge in [0.05, 0.1) is 37.4 Å². The second-order valence-electron chi connectivity index (χ2n) is 9.97. The Bertz CT molecular complexity index is 1550. The molecule has 39 heavy (non-hydrogen) atoms. The maximum absolute atomic E-state index is 13.7. The number of rotatable bonds is 10. The van der Waals surface area contributed by atoms with E-state index < -0.39 is 11.2 Å². The van der Waals surface area contributed by atoms with Gasteiger partial charge in [-0.2, -0.15) is 0 Å². The van der Waals surface area contributed by atoms with Gasteiger partial charge in [0.2, 0.25) is 5.88 Å². The van der Waals surface area contributed by atoms with Gasteiger partial charge in [-0.1, -0.05) is 6.42 Å². The molecular formula is C27H30N8O3S. The molecule has 0 radical (unpaired) electrons. The van der Waals surface area contributed by atoms with E-state index in [0.717, 1.165) is 31.4 Å². The van der Waals surface area contributed by atoms with Gasteiger partial charge >= 0.3 is 0 Å². The zero-order valence-electron chi connectivity index (χ0n) is 22.0. The fourth-order valence-electron chi connectivity index (χ4n) is 4.78. The van der Waals surface area contributed by atoms with Gasteiger partial charge in [-0.25, -0.2) is 24.9 Å². The van der Waals surface area contributed by atoms with Crippen molar-refractivity contribution in [3.05, 3.63) is 52.6 Å². The number of nitrogens with zero attached hydrogens (tertiary/aromatic N) is 7. The van der Waals surface area contributed by atoms with Crippen molar-refractivity contribution in [3.8, 4) is 17.3 Å². The predicted molar refractivity (Wildman–Crippen MR) is 147 cm³/mol. The summed E-state index contributed by atoms with van der Waals surface area (Å²) in [6.45, 7) is 2.74. The van der Waals surface area contributed by atoms with Crippen LogP contribution in [0.5, 0.6) is 5.88 Å². The molecule has 4 aromatic heterocycles. The highest BCUT2D eigenvalue weighted by Crippen LogP contribution is 2.44. The first-order valence-electron chi connectivity index (χ1n) is 13.3. The number of aromatic nitrogens is 7. The minimum atomic E-state index is -1.06. The van der Waals surface area contributed by atoms with Gasteiger partial charge in [0.25, 0.3) is 5.56 Å². The van der Waals surface area contributed by atoms with Crippen molar-refractivity contribution in [1.82, 2.24) is 34.5 Å². The Balaban J connectivity index is 1.37. The number of anilines is 1. The Hall–Kier alpha value is -3.64. The van der Waals surface area contributed by atoms with E-state index in [9.17, 15) is 9.35 Å². The van der Waals surface area contributed by atoms with E-state index >= 15 is 0 Å². The Kier molecular flexibility index (Phi) is 7.13. The number of ether oxygens (including phenoxy) is 1. The number of hydrogen-bond acceptors (Lipinski definition) is 10. The molecule has 0 aromatic carbocycles. The Morgan fingerprint density at radius 3 is 2.62 bits per heavy atom. The van der Waals surface area contributed by atoms with Crippen molar-refractivity contribution in [2.75, 3.05) is 18.2 Å². The summed E-state index contributed by atoms with van der Waals surface area (Å²) >= 11 is -1.06. The summed E-state index contributed by atoms with van der Waals surface area (Å²) < 4.78 is 19.3. The highest BCUT2D eigenvalue weighted by atomic mass is 32.2. The van der Waals surface area contributed by atoms with Crippen LogP contribution in [0.1, 0.15) is 56.3 Å². The quantitative estimate of drug-likeness (QED) is 0.294. The molecule has 1 unspecified atom stereocenters. The first kappa shape index (κ1) is 25.6. The number of fused-ring (bicyclic) bond motifs is 1. The van der Waals surface area contributed by atoms with E-state index in [1.54, 1.807) is 30.1 Å². The van der Waals surface area contributed by atoms with Crippen molar-refractivity contribution in [2.24, 2.45) is 5.92 Å². The summed E-state index contributed by atoms with van der Waals surface area (Å²) in [6, 6.07) is 3.62. The van der Waals surface area contributed by atoms with Crippen LogP contribution in [-0.2, 0) is 24.3 Å². The first-order chi connectivity index (χ1) is 19.1. The van der Waals surface area contributed by atoms with Gasteiger partial charge < -0.3 is 14.6 Å². The molecule has 0 saturated heterocycles. The molecule has 202 valence electrons. The minimum Gasteiger partial charge on any atom is -0.611 e. The second kappa shape index (κ2) is 10.9. The molecule has 2 aliphatic rings. The molecule has 0 spiro atoms. The van der Waals surface area contributed by atoms with Gasteiger partial charge in [-0.15, -0.1) is 0 Å². The molecule has 2 fully saturated rings. The van der Waals surface area contributed by atoms with Crippen molar-refractivity contribution < 1.29 is 9.29 Å². The maximum atomic E-state index is 13.7. The van der Waals surface area contributed by atoms with Gasteiger partial charge in [-0.05, 0) is 61.8 Å². The third-order valence-corrected chi connectivity index (χ3v) is 8.63. The molecule has 0 bridgehead atoms. The smallest absolute Gasteiger partial charge is 0.294 e. The van der Waals surface area contributed by atoms with Crippen LogP contribution in [0.4, 0.5) is 5.82 Å². The second-order valence-corrected chi connectivity index (χ2v) is 11.7. The van der Waals surface area contributed by atoms with Crippen molar-refractivity contribution in [3.63, 3.8) is 0 Å². The van der Waals surface area contributed by atoms with Gasteiger partial charge in [-0.3, -0.25) is 14.3 Å². The van der Waals surface area contributed by atoms with Crippen LogP contribution in [0, 0.1) is 5.92 Å². The van der Waals surface area contributed by atoms with Crippen LogP contribution in [0.2, 0.25) is 0 Å². The molecule has 11 nitrogen and oxygen atoms in total. The predicted octanol–water partition coefficient (Wildman–Crippen LogP) is 3.46. The van der Waals surface area contributed by atoms with Crippen molar-refractivity contribution >= 4 is 28.2 Å². The monoisotopic (exact) mass is 546 g/mol. The Morgan fingerprint density at radius 2 is 1.95 bits per heavy atom. The Morgan fingerprint density at radius 1 is 1.10 bits per heavy atom. The topological polar surface area (TPSA) is 144 Å². The van der Waals surface area contributed by atoms with Crippen LogP contribution in [0.25, 0.3) is 22.6 Å². The molecule has 1 atom stereocenters. The summed E-state index contributed by atoms with van der Waals surface area (Å²) in [5.41, 5.74) is 3.04. The zero-order chi connectivity index (χ0) is 26.9. The molecule has 4 heterocycles. The normalized spacial score (nSPS) is 16.2. The summed E-state index contributed by atoms with van der Waals surface area (Å²) in [4.78, 5) is 41.6. The van der Waals surface area contributed by atoms with Crippen molar-refractivity contribution in [2.45, 2.75) is 62.9 Å². The molecule has 0 aliphatic heterocycles. The van der Waals surface area contributed by atoms with Crippen LogP contribution in [-0.4, -0.2) is 51.9 Å². The third kappa shape index (κ3) is 5.18. The van der Waals surface area contributed by atoms with E-state index in [1.165, 1.54) is 12.7 Å². The molecule has 4 aromatic rings. The molecule has 2 aliphatic carbocycles. The van der Waals surface area contributed by atoms with Crippen LogP contribution >= 0.6 is 0 Å². The van der Waals surface area contributed by atoms with E-state index in [4.69, 9.17) is 9.72 Å². The van der Waals surface area contributed by atoms with Crippen LogP contribution < -0.4 is 15.6 Å². The van der Waals surface area contributed by atoms with Crippen LogP contribution in [0.15, 0.2) is 40.5 Å². The number of pyridine rings is 1. The lowest BCUT2D eigenvalue weighted by molar-refractivity contribution is 0.276. The van der Waals surface area contributed by atoms with Gasteiger partial charge in [0.15, 0.2) is 22.2 Å². The van der Waals surface area contributed by atoms with Gasteiger partial charge in [0.1, 0.15) is 23.2 Å². The van der Waals surface area contributed by atoms with E-state index in [2.05, 4.69) is 30.2 Å². The first-order valence-corrected chi connectivity index (χ1v) is 14.6. The molecule has 2 saturated carbocycles. The lowest BCUT2D eigenvalue weighted by Gasteiger charge is -2.26. The summed E-state index contributed by atoms with van der Waals surface area (Å²) in [6.07, 6.45) is 10.2. The van der Waals surface area contributed by atoms with Crippen molar-refractivity contribution in [1.29, 1.82) is 0 Å². The SMILES string of the molecule is CC[S+]([O-])c1ccc(CNc2nc3cnc(-c4c(OC)ncnc4C4CC4)nc3n(CC3CCC3)c2=O)nc1. The highest BCUT2D eigenvalue weighted by Gasteiger charge is 2.32. The van der Waals surface area contributed by atoms with E-state index in [-0.39, 0.29) is 11.4 Å². The fourth-order valence-corrected chi connectivity index (χ4v) is 5.50. The lowest BCUT2D eigenvalue weighted by Crippen LogP contribution is -2.30. The molecular weight excluding hydrogens is 516 g/mol. The molecule has 1 N–H and O–H groups in total. The lowest BCUT2D eigenvalue weighted by atomic mass is 9.85. The number of methoxy groups -OCH3 is 1. The van der Waals surface area contributed by atoms with E-state index in [0.29, 0.717) is 69.7 Å². The number of nitrogens with one attached hydrogen (secondary N) is 1. The minimum absolute atomic E-state index is 0.223. The molecule has 0 amide bonds. The average molecular weight is 547 g/mol. The summed E-state index contributed by atoms with van der Waals surface area (Å²) in [5.74, 6) is 2.37. The summed E-state index contributed by atoms with van der Waals surface area (Å²) in [7, 11) is 1.57. The van der Waals surface area contributed by atoms with Crippen LogP contribution in [0.3, 0.4) is 0 Å². The summed E-state index contributed by atoms with van der Waals surface area (Å²) in [5, 5.41) is 3.15. The largest absolute Gasteiger partial charge is 0.611 e. The molecule has 12 heteroatoms. The zero-order valence-corrected chi connectivity index (χ0v) is 22.8. The number of hydrogen-bond donors (Lipinski definition) is 1. The fraction of sp³-hybridized carbons (Fsp3) is 0.444. The van der Waals surface area contributed by atoms with Gasteiger partial charge in [0, 0.05) is 12.5 Å². The highest BCUT2D eigenvalue weighted by molar-refractivity contribution is 7.91.